The Morgan fingerprint density at radius 2 is 2.14 bits per heavy atom. The zero-order valence-corrected chi connectivity index (χ0v) is 16.5. The molecule has 0 radical (unpaired) electrons. The molecule has 2 heterocycles. The lowest BCUT2D eigenvalue weighted by Gasteiger charge is -2.46. The fourth-order valence-electron chi connectivity index (χ4n) is 4.06. The molecule has 2 aliphatic heterocycles. The highest BCUT2D eigenvalue weighted by Crippen LogP contribution is 2.56. The number of halogens is 3. The smallest absolute Gasteiger partial charge is 0.184 e. The van der Waals surface area contributed by atoms with Crippen LogP contribution in [0.3, 0.4) is 0 Å². The molecule has 0 aromatic carbocycles. The summed E-state index contributed by atoms with van der Waals surface area (Å²) >= 11 is 10.6. The molecular weight excluding hydrogens is 468 g/mol. The Kier molecular flexibility index (Phi) is 5.08. The van der Waals surface area contributed by atoms with E-state index in [9.17, 15) is 5.11 Å². The van der Waals surface area contributed by atoms with Crippen LogP contribution in [0.5, 0.6) is 0 Å². The lowest BCUT2D eigenvalue weighted by atomic mass is 9.71. The van der Waals surface area contributed by atoms with E-state index in [-0.39, 0.29) is 29.1 Å². The monoisotopic (exact) mass is 484 g/mol. The number of aliphatic hydroxyl groups is 1. The number of rotatable bonds is 2. The highest BCUT2D eigenvalue weighted by atomic mass is 79.9. The third-order valence-electron chi connectivity index (χ3n) is 4.96. The minimum absolute atomic E-state index is 0.00125. The Hall–Kier alpha value is 0.840. The summed E-state index contributed by atoms with van der Waals surface area (Å²) in [6, 6.07) is 0. The van der Waals surface area contributed by atoms with Crippen molar-refractivity contribution >= 4 is 47.8 Å². The number of fused-ring (bicyclic) bond motifs is 3. The standard InChI is InChI=1S/C15H19Br3O3/c1-2-9-10(17)7-12(18)15(19)13(9)14-11(21-15)6-8(20-14)4-3-5-16/h4-5,8-14,19H,2,6-7H2,1H3. The molecular formula is C15H19Br3O3. The van der Waals surface area contributed by atoms with Crippen LogP contribution in [0, 0.1) is 11.8 Å². The van der Waals surface area contributed by atoms with Crippen LogP contribution in [0.1, 0.15) is 26.2 Å². The van der Waals surface area contributed by atoms with Gasteiger partial charge in [-0.25, -0.2) is 0 Å². The molecule has 3 fully saturated rings. The molecule has 8 unspecified atom stereocenters. The molecule has 0 amide bonds. The Balaban J connectivity index is 1.87. The first-order valence-electron chi connectivity index (χ1n) is 7.36. The van der Waals surface area contributed by atoms with Crippen LogP contribution in [0.15, 0.2) is 16.8 Å². The van der Waals surface area contributed by atoms with E-state index < -0.39 is 5.79 Å². The van der Waals surface area contributed by atoms with E-state index in [0.717, 1.165) is 19.3 Å². The fraction of sp³-hybridized carbons (Fsp3) is 0.800. The van der Waals surface area contributed by atoms with Crippen molar-refractivity contribution in [1.29, 1.82) is 0 Å². The molecule has 1 saturated carbocycles. The Bertz CT molecular complexity index is 465. The Morgan fingerprint density at radius 1 is 1.38 bits per heavy atom. The van der Waals surface area contributed by atoms with Crippen LogP contribution in [-0.4, -0.2) is 38.9 Å². The molecule has 1 N–H and O–H groups in total. The van der Waals surface area contributed by atoms with E-state index >= 15 is 0 Å². The first-order valence-corrected chi connectivity index (χ1v) is 10.1. The van der Waals surface area contributed by atoms with E-state index in [4.69, 9.17) is 9.47 Å². The second kappa shape index (κ2) is 6.39. The summed E-state index contributed by atoms with van der Waals surface area (Å²) < 4.78 is 12.2. The van der Waals surface area contributed by atoms with E-state index in [0.29, 0.717) is 10.7 Å². The average Bonchev–Trinajstić information content (AvgIpc) is 2.93. The summed E-state index contributed by atoms with van der Waals surface area (Å²) in [6.07, 6.45) is 4.49. The summed E-state index contributed by atoms with van der Waals surface area (Å²) in [4.78, 5) is 2.01. The maximum atomic E-state index is 11.1. The van der Waals surface area contributed by atoms with Crippen LogP contribution in [0.4, 0.5) is 0 Å². The summed E-state index contributed by atoms with van der Waals surface area (Å²) in [7, 11) is 0. The highest BCUT2D eigenvalue weighted by Gasteiger charge is 2.65. The first-order chi connectivity index (χ1) is 10.0. The van der Waals surface area contributed by atoms with E-state index in [2.05, 4.69) is 60.4 Å². The van der Waals surface area contributed by atoms with Crippen molar-refractivity contribution < 1.29 is 14.6 Å². The first kappa shape index (κ1) is 16.7. The van der Waals surface area contributed by atoms with Crippen molar-refractivity contribution in [1.82, 2.24) is 0 Å². The molecule has 8 atom stereocenters. The highest BCUT2D eigenvalue weighted by molar-refractivity contribution is 9.11. The summed E-state index contributed by atoms with van der Waals surface area (Å²) in [5.74, 6) is -0.755. The molecule has 3 rings (SSSR count). The van der Waals surface area contributed by atoms with Crippen LogP contribution >= 0.6 is 47.8 Å². The second-order valence-electron chi connectivity index (χ2n) is 6.04. The van der Waals surface area contributed by atoms with Gasteiger partial charge in [-0.1, -0.05) is 61.1 Å². The Morgan fingerprint density at radius 3 is 2.81 bits per heavy atom. The topological polar surface area (TPSA) is 38.7 Å². The quantitative estimate of drug-likeness (QED) is 0.476. The largest absolute Gasteiger partial charge is 0.367 e. The predicted octanol–water partition coefficient (Wildman–Crippen LogP) is 3.87. The third kappa shape index (κ3) is 2.75. The van der Waals surface area contributed by atoms with Gasteiger partial charge in [-0.15, -0.1) is 5.73 Å². The summed E-state index contributed by atoms with van der Waals surface area (Å²) in [5.41, 5.74) is 3.01. The van der Waals surface area contributed by atoms with Crippen molar-refractivity contribution in [3.8, 4) is 0 Å². The molecule has 0 bridgehead atoms. The van der Waals surface area contributed by atoms with Gasteiger partial charge in [-0.2, -0.15) is 0 Å². The van der Waals surface area contributed by atoms with Gasteiger partial charge in [0.15, 0.2) is 5.79 Å². The van der Waals surface area contributed by atoms with Gasteiger partial charge in [-0.05, 0) is 18.4 Å². The van der Waals surface area contributed by atoms with Gasteiger partial charge in [0.2, 0.25) is 0 Å². The van der Waals surface area contributed by atoms with Crippen LogP contribution in [-0.2, 0) is 9.47 Å². The Labute approximate surface area is 150 Å². The fourth-order valence-corrected chi connectivity index (χ4v) is 6.60. The molecule has 0 aromatic heterocycles. The maximum Gasteiger partial charge on any atom is 0.184 e. The van der Waals surface area contributed by atoms with Crippen molar-refractivity contribution in [2.75, 3.05) is 0 Å². The number of hydrogen-bond acceptors (Lipinski definition) is 3. The molecule has 6 heteroatoms. The van der Waals surface area contributed by atoms with Crippen molar-refractivity contribution in [3.63, 3.8) is 0 Å². The van der Waals surface area contributed by atoms with Gasteiger partial charge in [-0.3, -0.25) is 0 Å². The van der Waals surface area contributed by atoms with Gasteiger partial charge < -0.3 is 14.6 Å². The zero-order valence-electron chi connectivity index (χ0n) is 11.7. The maximum absolute atomic E-state index is 11.1. The summed E-state index contributed by atoms with van der Waals surface area (Å²) in [5, 5.41) is 11.1. The SMILES string of the molecule is CCC1C(Br)CC(Br)C2(O)OC3CC(C=C=CBr)OC3C12. The van der Waals surface area contributed by atoms with Crippen molar-refractivity contribution in [2.45, 2.75) is 59.9 Å². The molecule has 1 aliphatic carbocycles. The normalized spacial score (nSPS) is 52.0. The lowest BCUT2D eigenvalue weighted by molar-refractivity contribution is -0.232. The van der Waals surface area contributed by atoms with Crippen molar-refractivity contribution in [3.05, 3.63) is 16.8 Å². The minimum atomic E-state index is -1.11. The molecule has 3 nitrogen and oxygen atoms in total. The van der Waals surface area contributed by atoms with E-state index in [1.807, 2.05) is 6.08 Å². The molecule has 118 valence electrons. The minimum Gasteiger partial charge on any atom is -0.367 e. The van der Waals surface area contributed by atoms with Crippen molar-refractivity contribution in [2.24, 2.45) is 11.8 Å². The van der Waals surface area contributed by atoms with Gasteiger partial charge >= 0.3 is 0 Å². The predicted molar refractivity (Wildman–Crippen MR) is 92.0 cm³/mol. The molecule has 21 heavy (non-hydrogen) atoms. The average molecular weight is 487 g/mol. The molecule has 3 aliphatic rings. The van der Waals surface area contributed by atoms with Crippen LogP contribution in [0.25, 0.3) is 0 Å². The number of alkyl halides is 2. The van der Waals surface area contributed by atoms with Crippen LogP contribution in [0.2, 0.25) is 0 Å². The second-order valence-corrected chi connectivity index (χ2v) is 8.78. The van der Waals surface area contributed by atoms with E-state index in [1.54, 1.807) is 4.99 Å². The van der Waals surface area contributed by atoms with E-state index in [1.165, 1.54) is 0 Å². The summed E-state index contributed by atoms with van der Waals surface area (Å²) in [6.45, 7) is 2.17. The van der Waals surface area contributed by atoms with Gasteiger partial charge in [0.25, 0.3) is 0 Å². The number of ether oxygens (including phenoxy) is 2. The number of hydrogen-bond donors (Lipinski definition) is 1. The molecule has 0 spiro atoms. The third-order valence-corrected chi connectivity index (χ3v) is 7.30. The van der Waals surface area contributed by atoms with Gasteiger partial charge in [0.1, 0.15) is 0 Å². The van der Waals surface area contributed by atoms with Gasteiger partial charge in [0, 0.05) is 22.2 Å². The van der Waals surface area contributed by atoms with Crippen LogP contribution < -0.4 is 0 Å². The lowest BCUT2D eigenvalue weighted by Crippen LogP contribution is -2.56. The molecule has 2 saturated heterocycles. The van der Waals surface area contributed by atoms with Gasteiger partial charge in [0.05, 0.1) is 23.1 Å². The molecule has 0 aromatic rings. The zero-order chi connectivity index (χ0) is 15.2.